The smallest absolute Gasteiger partial charge is 0.261 e. The minimum atomic E-state index is -0.489. The van der Waals surface area contributed by atoms with Gasteiger partial charge in [-0.05, 0) is 74.7 Å². The van der Waals surface area contributed by atoms with Gasteiger partial charge in [0.05, 0.1) is 5.56 Å². The molecule has 1 aliphatic heterocycles. The van der Waals surface area contributed by atoms with Crippen LogP contribution in [0.2, 0.25) is 5.02 Å². The third-order valence-electron chi connectivity index (χ3n) is 5.01. The Hall–Kier alpha value is -2.33. The van der Waals surface area contributed by atoms with E-state index in [4.69, 9.17) is 11.6 Å². The molecule has 0 aromatic heterocycles. The molecule has 0 N–H and O–H groups in total. The predicted octanol–water partition coefficient (Wildman–Crippen LogP) is 5.69. The maximum absolute atomic E-state index is 14.3. The van der Waals surface area contributed by atoms with Crippen LogP contribution < -0.4 is 4.90 Å². The van der Waals surface area contributed by atoms with Crippen LogP contribution in [0.3, 0.4) is 0 Å². The number of halogens is 2. The van der Waals surface area contributed by atoms with Crippen molar-refractivity contribution in [2.75, 3.05) is 24.5 Å². The summed E-state index contributed by atoms with van der Waals surface area (Å²) in [5, 5.41) is 0.650. The monoisotopic (exact) mass is 400 g/mol. The quantitative estimate of drug-likeness (QED) is 0.646. The second-order valence-corrected chi connectivity index (χ2v) is 7.48. The minimum Gasteiger partial charge on any atom is -0.378 e. The molecule has 0 atom stereocenters. The molecular weight excluding hydrogens is 375 g/mol. The van der Waals surface area contributed by atoms with Crippen LogP contribution in [-0.2, 0) is 6.42 Å². The molecule has 1 heterocycles. The van der Waals surface area contributed by atoms with E-state index in [1.165, 1.54) is 6.07 Å². The van der Waals surface area contributed by atoms with Gasteiger partial charge >= 0.3 is 0 Å². The Morgan fingerprint density at radius 2 is 1.82 bits per heavy atom. The standard InChI is InChI=1S/C23H26ClFN2O/c1-2-13-26-14-5-6-16-27(23(28)20-9-3-4-10-21(20)25)22-12-11-19(24)17-18(22)8-7-15-26/h2-4,9-13,17H,5-8,14-16H2,1H3/b13-2+. The molecule has 0 unspecified atom stereocenters. The molecule has 0 spiro atoms. The van der Waals surface area contributed by atoms with Crippen LogP contribution >= 0.6 is 11.6 Å². The summed E-state index contributed by atoms with van der Waals surface area (Å²) in [6.45, 7) is 4.47. The lowest BCUT2D eigenvalue weighted by Crippen LogP contribution is -2.33. The Balaban J connectivity index is 1.96. The molecule has 0 fully saturated rings. The first kappa shape index (κ1) is 20.4. The second-order valence-electron chi connectivity index (χ2n) is 7.04. The first-order valence-corrected chi connectivity index (χ1v) is 10.2. The number of amides is 1. The molecule has 0 bridgehead atoms. The summed E-state index contributed by atoms with van der Waals surface area (Å²) in [6, 6.07) is 11.8. The van der Waals surface area contributed by atoms with E-state index < -0.39 is 5.82 Å². The van der Waals surface area contributed by atoms with E-state index in [1.54, 1.807) is 29.2 Å². The van der Waals surface area contributed by atoms with Crippen molar-refractivity contribution in [3.63, 3.8) is 0 Å². The lowest BCUT2D eigenvalue weighted by atomic mass is 10.0. The number of hydrogen-bond donors (Lipinski definition) is 0. The zero-order chi connectivity index (χ0) is 19.9. The number of hydrogen-bond acceptors (Lipinski definition) is 2. The van der Waals surface area contributed by atoms with Crippen molar-refractivity contribution in [2.45, 2.75) is 32.6 Å². The van der Waals surface area contributed by atoms with Gasteiger partial charge in [0, 0.05) is 30.3 Å². The molecule has 28 heavy (non-hydrogen) atoms. The van der Waals surface area contributed by atoms with Crippen LogP contribution in [0.4, 0.5) is 10.1 Å². The molecule has 3 rings (SSSR count). The van der Waals surface area contributed by atoms with E-state index in [-0.39, 0.29) is 11.5 Å². The molecule has 0 aliphatic carbocycles. The average Bonchev–Trinajstić information content (AvgIpc) is 2.72. The van der Waals surface area contributed by atoms with Crippen LogP contribution in [0, 0.1) is 5.82 Å². The summed E-state index contributed by atoms with van der Waals surface area (Å²) < 4.78 is 14.3. The van der Waals surface area contributed by atoms with Crippen molar-refractivity contribution in [3.05, 3.63) is 76.7 Å². The van der Waals surface area contributed by atoms with Crippen molar-refractivity contribution in [2.24, 2.45) is 0 Å². The largest absolute Gasteiger partial charge is 0.378 e. The number of nitrogens with zero attached hydrogens (tertiary/aromatic N) is 2. The zero-order valence-electron chi connectivity index (χ0n) is 16.2. The van der Waals surface area contributed by atoms with E-state index in [2.05, 4.69) is 17.2 Å². The van der Waals surface area contributed by atoms with Crippen molar-refractivity contribution in [3.8, 4) is 0 Å². The Morgan fingerprint density at radius 3 is 2.61 bits per heavy atom. The lowest BCUT2D eigenvalue weighted by molar-refractivity contribution is 0.0982. The first-order chi connectivity index (χ1) is 13.6. The number of aryl methyl sites for hydroxylation is 1. The number of anilines is 1. The van der Waals surface area contributed by atoms with Gasteiger partial charge in [0.2, 0.25) is 0 Å². The maximum atomic E-state index is 14.3. The van der Waals surface area contributed by atoms with E-state index in [0.29, 0.717) is 11.6 Å². The Kier molecular flexibility index (Phi) is 7.10. The van der Waals surface area contributed by atoms with Gasteiger partial charge < -0.3 is 9.80 Å². The second kappa shape index (κ2) is 9.74. The van der Waals surface area contributed by atoms with Crippen LogP contribution in [0.15, 0.2) is 54.7 Å². The van der Waals surface area contributed by atoms with Crippen molar-refractivity contribution in [1.29, 1.82) is 0 Å². The lowest BCUT2D eigenvalue weighted by Gasteiger charge is -2.26. The molecule has 2 aromatic carbocycles. The van der Waals surface area contributed by atoms with Gasteiger partial charge in [0.1, 0.15) is 5.82 Å². The van der Waals surface area contributed by atoms with E-state index in [9.17, 15) is 9.18 Å². The van der Waals surface area contributed by atoms with Gasteiger partial charge in [-0.3, -0.25) is 4.79 Å². The van der Waals surface area contributed by atoms with E-state index in [1.807, 2.05) is 19.1 Å². The van der Waals surface area contributed by atoms with Crippen LogP contribution in [0.25, 0.3) is 0 Å². The topological polar surface area (TPSA) is 23.6 Å². The zero-order valence-corrected chi connectivity index (χ0v) is 17.0. The average molecular weight is 401 g/mol. The van der Waals surface area contributed by atoms with Crippen LogP contribution in [0.1, 0.15) is 42.1 Å². The fraction of sp³-hybridized carbons (Fsp3) is 0.348. The molecule has 1 amide bonds. The maximum Gasteiger partial charge on any atom is 0.261 e. The summed E-state index contributed by atoms with van der Waals surface area (Å²) in [5.74, 6) is -0.789. The van der Waals surface area contributed by atoms with Gasteiger partial charge in [-0.25, -0.2) is 4.39 Å². The molecule has 0 radical (unpaired) electrons. The van der Waals surface area contributed by atoms with E-state index >= 15 is 0 Å². The predicted molar refractivity (Wildman–Crippen MR) is 113 cm³/mol. The third kappa shape index (κ3) is 4.93. The molecule has 148 valence electrons. The molecular formula is C23H26ClFN2O. The highest BCUT2D eigenvalue weighted by molar-refractivity contribution is 6.30. The number of carbonyl (C=O) groups is 1. The Labute approximate surface area is 171 Å². The van der Waals surface area contributed by atoms with Crippen molar-refractivity contribution in [1.82, 2.24) is 4.90 Å². The number of rotatable bonds is 2. The summed E-state index contributed by atoms with van der Waals surface area (Å²) in [5.41, 5.74) is 1.96. The van der Waals surface area contributed by atoms with Crippen molar-refractivity contribution >= 4 is 23.2 Å². The van der Waals surface area contributed by atoms with Gasteiger partial charge in [-0.1, -0.05) is 29.8 Å². The summed E-state index contributed by atoms with van der Waals surface area (Å²) in [6.07, 6.45) is 7.76. The van der Waals surface area contributed by atoms with Gasteiger partial charge in [-0.2, -0.15) is 0 Å². The normalized spacial score (nSPS) is 16.0. The Morgan fingerprint density at radius 1 is 1.07 bits per heavy atom. The summed E-state index contributed by atoms with van der Waals surface area (Å²) >= 11 is 6.24. The number of benzene rings is 2. The summed E-state index contributed by atoms with van der Waals surface area (Å²) in [7, 11) is 0. The van der Waals surface area contributed by atoms with Gasteiger partial charge in [0.25, 0.3) is 5.91 Å². The molecule has 2 aromatic rings. The van der Waals surface area contributed by atoms with Crippen molar-refractivity contribution < 1.29 is 9.18 Å². The fourth-order valence-electron chi connectivity index (χ4n) is 3.66. The number of allylic oxidation sites excluding steroid dienone is 1. The number of fused-ring (bicyclic) bond motifs is 1. The molecule has 0 saturated heterocycles. The molecule has 1 aliphatic rings. The van der Waals surface area contributed by atoms with E-state index in [0.717, 1.165) is 50.0 Å². The molecule has 3 nitrogen and oxygen atoms in total. The third-order valence-corrected chi connectivity index (χ3v) is 5.25. The highest BCUT2D eigenvalue weighted by atomic mass is 35.5. The van der Waals surface area contributed by atoms with Gasteiger partial charge in [-0.15, -0.1) is 0 Å². The minimum absolute atomic E-state index is 0.105. The Bertz CT molecular complexity index is 852. The summed E-state index contributed by atoms with van der Waals surface area (Å²) in [4.78, 5) is 17.3. The highest BCUT2D eigenvalue weighted by Gasteiger charge is 2.23. The highest BCUT2D eigenvalue weighted by Crippen LogP contribution is 2.28. The fourth-order valence-corrected chi connectivity index (χ4v) is 3.85. The van der Waals surface area contributed by atoms with Crippen LogP contribution in [0.5, 0.6) is 0 Å². The molecule has 0 saturated carbocycles. The number of carbonyl (C=O) groups excluding carboxylic acids is 1. The SMILES string of the molecule is C/C=C/N1CCCCN(C(=O)c2ccccc2F)c2ccc(Cl)cc2CCC1. The molecule has 5 heteroatoms. The van der Waals surface area contributed by atoms with Gasteiger partial charge in [0.15, 0.2) is 0 Å². The van der Waals surface area contributed by atoms with Crippen LogP contribution in [-0.4, -0.2) is 30.4 Å². The first-order valence-electron chi connectivity index (χ1n) is 9.82.